The molecule has 0 aliphatic rings. The van der Waals surface area contributed by atoms with E-state index in [2.05, 4.69) is 21.2 Å². The summed E-state index contributed by atoms with van der Waals surface area (Å²) in [4.78, 5) is 12.1. The minimum absolute atomic E-state index is 0.172. The van der Waals surface area contributed by atoms with E-state index < -0.39 is 0 Å². The molecule has 0 radical (unpaired) electrons. The minimum atomic E-state index is -0.276. The Morgan fingerprint density at radius 2 is 2.08 bits per heavy atom. The molecule has 2 aromatic carbocycles. The third-order valence-corrected chi connectivity index (χ3v) is 4.17. The summed E-state index contributed by atoms with van der Waals surface area (Å²) in [6.45, 7) is 3.76. The predicted octanol–water partition coefficient (Wildman–Crippen LogP) is 3.96. The average molecular weight is 389 g/mol. The highest BCUT2D eigenvalue weighted by Gasteiger charge is 2.14. The number of nitrogens with zero attached hydrogens (tertiary/aromatic N) is 1. The van der Waals surface area contributed by atoms with Crippen LogP contribution in [0.15, 0.2) is 34.8 Å². The number of amides is 1. The van der Waals surface area contributed by atoms with Crippen LogP contribution in [0.2, 0.25) is 0 Å². The standard InChI is InChI=1S/C18H17BrN2O3/c1-11-5-4-6-15(12(11)2)21-17(22)10-24-18-14(19)7-13(9-20)8-16(18)23-3/h4-8H,10H2,1-3H3,(H,21,22). The number of halogens is 1. The summed E-state index contributed by atoms with van der Waals surface area (Å²) in [6.07, 6.45) is 0. The summed E-state index contributed by atoms with van der Waals surface area (Å²) >= 11 is 3.33. The molecule has 1 N–H and O–H groups in total. The smallest absolute Gasteiger partial charge is 0.262 e. The molecule has 0 aliphatic carbocycles. The fourth-order valence-electron chi connectivity index (χ4n) is 2.13. The van der Waals surface area contributed by atoms with Crippen LogP contribution in [0.25, 0.3) is 0 Å². The summed E-state index contributed by atoms with van der Waals surface area (Å²) in [5.41, 5.74) is 3.31. The van der Waals surface area contributed by atoms with Gasteiger partial charge in [0.15, 0.2) is 18.1 Å². The Bertz CT molecular complexity index is 813. The van der Waals surface area contributed by atoms with E-state index in [1.165, 1.54) is 7.11 Å². The fourth-order valence-corrected chi connectivity index (χ4v) is 2.69. The molecule has 24 heavy (non-hydrogen) atoms. The summed E-state index contributed by atoms with van der Waals surface area (Å²) in [5, 5.41) is 11.8. The maximum absolute atomic E-state index is 12.1. The largest absolute Gasteiger partial charge is 0.493 e. The van der Waals surface area contributed by atoms with Crippen LogP contribution in [-0.2, 0) is 4.79 Å². The molecule has 0 bridgehead atoms. The van der Waals surface area contributed by atoms with Crippen molar-refractivity contribution >= 4 is 27.5 Å². The van der Waals surface area contributed by atoms with E-state index in [4.69, 9.17) is 14.7 Å². The van der Waals surface area contributed by atoms with Crippen molar-refractivity contribution in [2.75, 3.05) is 19.0 Å². The number of ether oxygens (including phenoxy) is 2. The van der Waals surface area contributed by atoms with Gasteiger partial charge in [0.1, 0.15) is 0 Å². The minimum Gasteiger partial charge on any atom is -0.493 e. The van der Waals surface area contributed by atoms with Gasteiger partial charge in [0.25, 0.3) is 5.91 Å². The van der Waals surface area contributed by atoms with E-state index in [0.717, 1.165) is 16.8 Å². The van der Waals surface area contributed by atoms with E-state index in [1.807, 2.05) is 38.1 Å². The molecule has 5 nitrogen and oxygen atoms in total. The molecular weight excluding hydrogens is 372 g/mol. The second-order valence-corrected chi connectivity index (χ2v) is 6.04. The molecule has 0 aliphatic heterocycles. The van der Waals surface area contributed by atoms with Crippen LogP contribution in [0.1, 0.15) is 16.7 Å². The van der Waals surface area contributed by atoms with Gasteiger partial charge in [-0.1, -0.05) is 12.1 Å². The molecular formula is C18H17BrN2O3. The first kappa shape index (κ1) is 17.8. The van der Waals surface area contributed by atoms with Crippen molar-refractivity contribution in [3.8, 4) is 17.6 Å². The second-order valence-electron chi connectivity index (χ2n) is 5.19. The van der Waals surface area contributed by atoms with Gasteiger partial charge in [-0.05, 0) is 53.0 Å². The van der Waals surface area contributed by atoms with Gasteiger partial charge in [-0.25, -0.2) is 0 Å². The third-order valence-electron chi connectivity index (χ3n) is 3.58. The zero-order chi connectivity index (χ0) is 17.7. The van der Waals surface area contributed by atoms with E-state index in [0.29, 0.717) is 21.5 Å². The number of methoxy groups -OCH3 is 1. The number of hydrogen-bond acceptors (Lipinski definition) is 4. The van der Waals surface area contributed by atoms with Crippen molar-refractivity contribution in [2.45, 2.75) is 13.8 Å². The first-order valence-electron chi connectivity index (χ1n) is 7.22. The van der Waals surface area contributed by atoms with Gasteiger partial charge in [-0.2, -0.15) is 5.26 Å². The molecule has 2 aromatic rings. The molecule has 0 spiro atoms. The predicted molar refractivity (Wildman–Crippen MR) is 95.4 cm³/mol. The molecule has 0 aromatic heterocycles. The van der Waals surface area contributed by atoms with Crippen molar-refractivity contribution in [1.29, 1.82) is 5.26 Å². The highest BCUT2D eigenvalue weighted by atomic mass is 79.9. The summed E-state index contributed by atoms with van der Waals surface area (Å²) in [6, 6.07) is 10.9. The normalized spacial score (nSPS) is 9.96. The first-order valence-corrected chi connectivity index (χ1v) is 8.02. The molecule has 0 saturated carbocycles. The molecule has 0 atom stereocenters. The first-order chi connectivity index (χ1) is 11.5. The fraction of sp³-hybridized carbons (Fsp3) is 0.222. The Balaban J connectivity index is 2.09. The molecule has 2 rings (SSSR count). The number of carbonyl (C=O) groups excluding carboxylic acids is 1. The number of benzene rings is 2. The average Bonchev–Trinajstić information content (AvgIpc) is 2.57. The topological polar surface area (TPSA) is 71.3 Å². The Morgan fingerprint density at radius 3 is 2.75 bits per heavy atom. The lowest BCUT2D eigenvalue weighted by Crippen LogP contribution is -2.21. The van der Waals surface area contributed by atoms with Crippen molar-refractivity contribution in [3.63, 3.8) is 0 Å². The lowest BCUT2D eigenvalue weighted by atomic mass is 10.1. The number of rotatable bonds is 5. The maximum Gasteiger partial charge on any atom is 0.262 e. The van der Waals surface area contributed by atoms with Crippen LogP contribution in [0, 0.1) is 25.2 Å². The van der Waals surface area contributed by atoms with Crippen LogP contribution in [0.3, 0.4) is 0 Å². The van der Waals surface area contributed by atoms with Gasteiger partial charge in [0, 0.05) is 11.8 Å². The highest BCUT2D eigenvalue weighted by molar-refractivity contribution is 9.10. The summed E-state index contributed by atoms with van der Waals surface area (Å²) in [5.74, 6) is 0.495. The monoisotopic (exact) mass is 388 g/mol. The molecule has 0 unspecified atom stereocenters. The van der Waals surface area contributed by atoms with E-state index in [1.54, 1.807) is 12.1 Å². The van der Waals surface area contributed by atoms with Crippen LogP contribution in [0.4, 0.5) is 5.69 Å². The van der Waals surface area contributed by atoms with Crippen LogP contribution >= 0.6 is 15.9 Å². The third kappa shape index (κ3) is 4.06. The molecule has 0 heterocycles. The number of hydrogen-bond donors (Lipinski definition) is 1. The molecule has 124 valence electrons. The summed E-state index contributed by atoms with van der Waals surface area (Å²) < 4.78 is 11.3. The molecule has 0 saturated heterocycles. The number of anilines is 1. The number of carbonyl (C=O) groups is 1. The van der Waals surface area contributed by atoms with Crippen molar-refractivity contribution in [1.82, 2.24) is 0 Å². The Kier molecular flexibility index (Phi) is 5.83. The van der Waals surface area contributed by atoms with Crippen LogP contribution < -0.4 is 14.8 Å². The maximum atomic E-state index is 12.1. The van der Waals surface area contributed by atoms with Crippen LogP contribution in [0.5, 0.6) is 11.5 Å². The quantitative estimate of drug-likeness (QED) is 0.840. The lowest BCUT2D eigenvalue weighted by molar-refractivity contribution is -0.118. The Morgan fingerprint density at radius 1 is 1.33 bits per heavy atom. The Hall–Kier alpha value is -2.52. The molecule has 0 fully saturated rings. The number of nitriles is 1. The summed E-state index contributed by atoms with van der Waals surface area (Å²) in [7, 11) is 1.48. The molecule has 1 amide bonds. The van der Waals surface area contributed by atoms with Crippen molar-refractivity contribution in [2.24, 2.45) is 0 Å². The van der Waals surface area contributed by atoms with E-state index in [-0.39, 0.29) is 12.5 Å². The van der Waals surface area contributed by atoms with Gasteiger partial charge in [-0.3, -0.25) is 4.79 Å². The number of aryl methyl sites for hydroxylation is 1. The lowest BCUT2D eigenvalue weighted by Gasteiger charge is -2.14. The Labute approximate surface area is 149 Å². The van der Waals surface area contributed by atoms with E-state index >= 15 is 0 Å². The highest BCUT2D eigenvalue weighted by Crippen LogP contribution is 2.36. The van der Waals surface area contributed by atoms with Gasteiger partial charge >= 0.3 is 0 Å². The van der Waals surface area contributed by atoms with Crippen LogP contribution in [-0.4, -0.2) is 19.6 Å². The number of nitrogens with one attached hydrogen (secondary N) is 1. The van der Waals surface area contributed by atoms with Gasteiger partial charge in [0.05, 0.1) is 23.2 Å². The van der Waals surface area contributed by atoms with Gasteiger partial charge in [0.2, 0.25) is 0 Å². The van der Waals surface area contributed by atoms with Crippen molar-refractivity contribution < 1.29 is 14.3 Å². The van der Waals surface area contributed by atoms with Gasteiger partial charge < -0.3 is 14.8 Å². The van der Waals surface area contributed by atoms with Crippen molar-refractivity contribution in [3.05, 3.63) is 51.5 Å². The van der Waals surface area contributed by atoms with Gasteiger partial charge in [-0.15, -0.1) is 0 Å². The zero-order valence-corrected chi connectivity index (χ0v) is 15.2. The SMILES string of the molecule is COc1cc(C#N)cc(Br)c1OCC(=O)Nc1cccc(C)c1C. The molecule has 6 heteroatoms. The van der Waals surface area contributed by atoms with E-state index in [9.17, 15) is 4.79 Å². The zero-order valence-electron chi connectivity index (χ0n) is 13.6. The second kappa shape index (κ2) is 7.84.